The monoisotopic (exact) mass is 209 g/mol. The summed E-state index contributed by atoms with van der Waals surface area (Å²) in [6.07, 6.45) is 0.501. The lowest BCUT2D eigenvalue weighted by Crippen LogP contribution is -2.20. The minimum atomic E-state index is -0.386. The van der Waals surface area contributed by atoms with E-state index in [9.17, 15) is 10.1 Å². The lowest BCUT2D eigenvalue weighted by Gasteiger charge is -2.21. The van der Waals surface area contributed by atoms with Crippen LogP contribution in [0.3, 0.4) is 0 Å². The SMILES string of the molecule is CC(C)(CO)Cc1ccccc1[N+](=O)[O-]. The number of hydrogen-bond donors (Lipinski definition) is 1. The minimum Gasteiger partial charge on any atom is -0.396 e. The van der Waals surface area contributed by atoms with E-state index in [1.807, 2.05) is 13.8 Å². The van der Waals surface area contributed by atoms with Gasteiger partial charge in [0.15, 0.2) is 0 Å². The highest BCUT2D eigenvalue weighted by Crippen LogP contribution is 2.26. The zero-order valence-corrected chi connectivity index (χ0v) is 8.93. The maximum atomic E-state index is 10.7. The fourth-order valence-corrected chi connectivity index (χ4v) is 1.41. The van der Waals surface area contributed by atoms with Crippen LogP contribution in [0.5, 0.6) is 0 Å². The van der Waals surface area contributed by atoms with Crippen molar-refractivity contribution in [3.05, 3.63) is 39.9 Å². The van der Waals surface area contributed by atoms with Gasteiger partial charge in [0.25, 0.3) is 5.69 Å². The fraction of sp³-hybridized carbons (Fsp3) is 0.455. The van der Waals surface area contributed by atoms with Crippen LogP contribution in [0.1, 0.15) is 19.4 Å². The van der Waals surface area contributed by atoms with Crippen molar-refractivity contribution in [3.8, 4) is 0 Å². The van der Waals surface area contributed by atoms with Gasteiger partial charge in [0.1, 0.15) is 0 Å². The summed E-state index contributed by atoms with van der Waals surface area (Å²) in [5, 5.41) is 19.9. The highest BCUT2D eigenvalue weighted by atomic mass is 16.6. The smallest absolute Gasteiger partial charge is 0.272 e. The molecule has 0 atom stereocenters. The first-order valence-corrected chi connectivity index (χ1v) is 4.79. The molecule has 0 aromatic heterocycles. The Morgan fingerprint density at radius 3 is 2.53 bits per heavy atom. The predicted octanol–water partition coefficient (Wildman–Crippen LogP) is 2.16. The zero-order valence-electron chi connectivity index (χ0n) is 8.93. The predicted molar refractivity (Wildman–Crippen MR) is 57.7 cm³/mol. The Bertz CT molecular complexity index is 361. The molecular formula is C11H15NO3. The van der Waals surface area contributed by atoms with Gasteiger partial charge in [-0.05, 0) is 11.8 Å². The molecule has 0 aliphatic carbocycles. The van der Waals surface area contributed by atoms with Crippen molar-refractivity contribution in [2.75, 3.05) is 6.61 Å². The van der Waals surface area contributed by atoms with E-state index in [2.05, 4.69) is 0 Å². The van der Waals surface area contributed by atoms with Crippen molar-refractivity contribution in [2.45, 2.75) is 20.3 Å². The second-order valence-electron chi connectivity index (χ2n) is 4.38. The summed E-state index contributed by atoms with van der Waals surface area (Å²) in [5.41, 5.74) is 0.465. The Hall–Kier alpha value is -1.42. The third-order valence-corrected chi connectivity index (χ3v) is 2.29. The summed E-state index contributed by atoms with van der Waals surface area (Å²) < 4.78 is 0. The van der Waals surface area contributed by atoms with Gasteiger partial charge in [-0.15, -0.1) is 0 Å². The molecule has 4 heteroatoms. The van der Waals surface area contributed by atoms with E-state index >= 15 is 0 Å². The largest absolute Gasteiger partial charge is 0.396 e. The second kappa shape index (κ2) is 4.40. The van der Waals surface area contributed by atoms with Gasteiger partial charge in [0, 0.05) is 18.2 Å². The van der Waals surface area contributed by atoms with Gasteiger partial charge < -0.3 is 5.11 Å². The summed E-state index contributed by atoms with van der Waals surface area (Å²) >= 11 is 0. The molecule has 0 heterocycles. The number of nitrogens with zero attached hydrogens (tertiary/aromatic N) is 1. The van der Waals surface area contributed by atoms with E-state index in [1.165, 1.54) is 6.07 Å². The topological polar surface area (TPSA) is 63.4 Å². The Morgan fingerprint density at radius 1 is 1.40 bits per heavy atom. The van der Waals surface area contributed by atoms with Crippen LogP contribution < -0.4 is 0 Å². The van der Waals surface area contributed by atoms with Crippen LogP contribution in [0.2, 0.25) is 0 Å². The van der Waals surface area contributed by atoms with E-state index in [-0.39, 0.29) is 22.6 Å². The summed E-state index contributed by atoms with van der Waals surface area (Å²) in [5.74, 6) is 0. The van der Waals surface area contributed by atoms with E-state index in [4.69, 9.17) is 5.11 Å². The molecule has 0 spiro atoms. The molecular weight excluding hydrogens is 194 g/mol. The molecule has 0 unspecified atom stereocenters. The average Bonchev–Trinajstić information content (AvgIpc) is 2.18. The van der Waals surface area contributed by atoms with Crippen molar-refractivity contribution < 1.29 is 10.0 Å². The molecule has 0 amide bonds. The number of hydrogen-bond acceptors (Lipinski definition) is 3. The van der Waals surface area contributed by atoms with Gasteiger partial charge in [-0.1, -0.05) is 32.0 Å². The van der Waals surface area contributed by atoms with E-state index in [1.54, 1.807) is 18.2 Å². The Kier molecular flexibility index (Phi) is 3.42. The summed E-state index contributed by atoms with van der Waals surface area (Å²) in [6.45, 7) is 3.77. The molecule has 0 bridgehead atoms. The molecule has 4 nitrogen and oxygen atoms in total. The number of rotatable bonds is 4. The van der Waals surface area contributed by atoms with Crippen molar-refractivity contribution in [3.63, 3.8) is 0 Å². The Balaban J connectivity index is 2.99. The fourth-order valence-electron chi connectivity index (χ4n) is 1.41. The maximum Gasteiger partial charge on any atom is 0.272 e. The first-order valence-electron chi connectivity index (χ1n) is 4.79. The number of aliphatic hydroxyl groups is 1. The molecule has 0 aliphatic rings. The maximum absolute atomic E-state index is 10.7. The van der Waals surface area contributed by atoms with Crippen molar-refractivity contribution >= 4 is 5.69 Å². The normalized spacial score (nSPS) is 11.4. The van der Waals surface area contributed by atoms with Crippen molar-refractivity contribution in [1.29, 1.82) is 0 Å². The third-order valence-electron chi connectivity index (χ3n) is 2.29. The molecule has 0 fully saturated rings. The van der Waals surface area contributed by atoms with Crippen LogP contribution in [-0.4, -0.2) is 16.6 Å². The van der Waals surface area contributed by atoms with Gasteiger partial charge in [-0.2, -0.15) is 0 Å². The first kappa shape index (κ1) is 11.7. The van der Waals surface area contributed by atoms with Crippen LogP contribution in [-0.2, 0) is 6.42 Å². The average molecular weight is 209 g/mol. The number of nitro groups is 1. The van der Waals surface area contributed by atoms with Crippen LogP contribution in [0.15, 0.2) is 24.3 Å². The summed E-state index contributed by atoms with van der Waals surface area (Å²) in [6, 6.07) is 6.64. The molecule has 1 N–H and O–H groups in total. The molecule has 82 valence electrons. The minimum absolute atomic E-state index is 0.0129. The van der Waals surface area contributed by atoms with E-state index in [0.717, 1.165) is 0 Å². The summed E-state index contributed by atoms with van der Waals surface area (Å²) in [7, 11) is 0. The number of aliphatic hydroxyl groups excluding tert-OH is 1. The highest BCUT2D eigenvalue weighted by Gasteiger charge is 2.22. The zero-order chi connectivity index (χ0) is 11.5. The lowest BCUT2D eigenvalue weighted by atomic mass is 9.86. The van der Waals surface area contributed by atoms with E-state index < -0.39 is 0 Å². The Morgan fingerprint density at radius 2 is 2.00 bits per heavy atom. The van der Waals surface area contributed by atoms with Crippen molar-refractivity contribution in [2.24, 2.45) is 5.41 Å². The van der Waals surface area contributed by atoms with Gasteiger partial charge in [0.2, 0.25) is 0 Å². The van der Waals surface area contributed by atoms with E-state index in [0.29, 0.717) is 12.0 Å². The number of benzene rings is 1. The molecule has 0 saturated carbocycles. The molecule has 1 aromatic carbocycles. The highest BCUT2D eigenvalue weighted by molar-refractivity contribution is 5.40. The van der Waals surface area contributed by atoms with Crippen LogP contribution in [0.4, 0.5) is 5.69 Å². The quantitative estimate of drug-likeness (QED) is 0.610. The molecule has 1 aromatic rings. The molecule has 0 aliphatic heterocycles. The first-order chi connectivity index (χ1) is 6.96. The standard InChI is InChI=1S/C11H15NO3/c1-11(2,8-13)7-9-5-3-4-6-10(9)12(14)15/h3-6,13H,7-8H2,1-2H3. The number of para-hydroxylation sites is 1. The second-order valence-corrected chi connectivity index (χ2v) is 4.38. The van der Waals surface area contributed by atoms with Crippen LogP contribution in [0, 0.1) is 15.5 Å². The van der Waals surface area contributed by atoms with Gasteiger partial charge in [-0.25, -0.2) is 0 Å². The number of nitro benzene ring substituents is 1. The van der Waals surface area contributed by atoms with Gasteiger partial charge in [-0.3, -0.25) is 10.1 Å². The van der Waals surface area contributed by atoms with Gasteiger partial charge >= 0.3 is 0 Å². The lowest BCUT2D eigenvalue weighted by molar-refractivity contribution is -0.385. The van der Waals surface area contributed by atoms with Gasteiger partial charge in [0.05, 0.1) is 4.92 Å². The molecule has 1 rings (SSSR count). The molecule has 15 heavy (non-hydrogen) atoms. The molecule has 0 radical (unpaired) electrons. The van der Waals surface area contributed by atoms with Crippen LogP contribution in [0.25, 0.3) is 0 Å². The Labute approximate surface area is 88.7 Å². The third kappa shape index (κ3) is 3.02. The molecule has 0 saturated heterocycles. The summed E-state index contributed by atoms with van der Waals surface area (Å²) in [4.78, 5) is 10.4. The van der Waals surface area contributed by atoms with Crippen molar-refractivity contribution in [1.82, 2.24) is 0 Å². The van der Waals surface area contributed by atoms with Crippen LogP contribution >= 0.6 is 0 Å².